The topological polar surface area (TPSA) is 39.9 Å². The van der Waals surface area contributed by atoms with Gasteiger partial charge in [-0.05, 0) is 31.5 Å². The second kappa shape index (κ2) is 6.51. The zero-order chi connectivity index (χ0) is 12.8. The Kier molecular flexibility index (Phi) is 4.72. The molecular formula is C15H21N3. The van der Waals surface area contributed by atoms with E-state index in [2.05, 4.69) is 28.9 Å². The molecule has 1 aromatic heterocycles. The van der Waals surface area contributed by atoms with Crippen molar-refractivity contribution in [2.45, 2.75) is 45.2 Å². The molecule has 0 bridgehead atoms. The summed E-state index contributed by atoms with van der Waals surface area (Å²) in [5.74, 6) is 0.197. The minimum atomic E-state index is 0.197. The van der Waals surface area contributed by atoms with Gasteiger partial charge in [0, 0.05) is 18.8 Å². The molecule has 0 saturated heterocycles. The third-order valence-electron chi connectivity index (χ3n) is 3.86. The predicted octanol–water partition coefficient (Wildman–Crippen LogP) is 2.99. The molecule has 1 fully saturated rings. The van der Waals surface area contributed by atoms with Crippen molar-refractivity contribution in [1.82, 2.24) is 9.88 Å². The number of nitrogens with zero attached hydrogens (tertiary/aromatic N) is 3. The number of aromatic nitrogens is 1. The predicted molar refractivity (Wildman–Crippen MR) is 71.7 cm³/mol. The molecule has 0 amide bonds. The molecule has 1 heterocycles. The van der Waals surface area contributed by atoms with Crippen molar-refractivity contribution in [2.75, 3.05) is 6.54 Å². The van der Waals surface area contributed by atoms with Crippen LogP contribution in [-0.4, -0.2) is 22.5 Å². The first-order chi connectivity index (χ1) is 8.85. The minimum absolute atomic E-state index is 0.197. The maximum absolute atomic E-state index is 9.28. The zero-order valence-electron chi connectivity index (χ0n) is 11.0. The van der Waals surface area contributed by atoms with Gasteiger partial charge in [0.25, 0.3) is 0 Å². The van der Waals surface area contributed by atoms with Crippen molar-refractivity contribution >= 4 is 0 Å². The molecule has 1 aromatic rings. The van der Waals surface area contributed by atoms with Crippen LogP contribution in [0.25, 0.3) is 0 Å². The molecule has 0 spiro atoms. The van der Waals surface area contributed by atoms with E-state index in [1.165, 1.54) is 12.8 Å². The van der Waals surface area contributed by atoms with Crippen molar-refractivity contribution in [3.63, 3.8) is 0 Å². The largest absolute Gasteiger partial charge is 0.294 e. The maximum atomic E-state index is 9.28. The summed E-state index contributed by atoms with van der Waals surface area (Å²) in [6.45, 7) is 4.02. The lowest BCUT2D eigenvalue weighted by Crippen LogP contribution is -2.41. The van der Waals surface area contributed by atoms with Crippen molar-refractivity contribution < 1.29 is 0 Å². The van der Waals surface area contributed by atoms with Crippen molar-refractivity contribution in [3.8, 4) is 6.07 Å². The van der Waals surface area contributed by atoms with E-state index < -0.39 is 0 Å². The van der Waals surface area contributed by atoms with Crippen LogP contribution in [0.2, 0.25) is 0 Å². The molecule has 0 radical (unpaired) electrons. The van der Waals surface area contributed by atoms with E-state index >= 15 is 0 Å². The first kappa shape index (κ1) is 13.0. The van der Waals surface area contributed by atoms with Gasteiger partial charge >= 0.3 is 0 Å². The van der Waals surface area contributed by atoms with E-state index in [4.69, 9.17) is 0 Å². The molecule has 2 unspecified atom stereocenters. The molecule has 1 aliphatic carbocycles. The van der Waals surface area contributed by atoms with Gasteiger partial charge in [-0.2, -0.15) is 5.26 Å². The highest BCUT2D eigenvalue weighted by molar-refractivity contribution is 5.04. The van der Waals surface area contributed by atoms with E-state index in [1.807, 2.05) is 18.3 Å². The quantitative estimate of drug-likeness (QED) is 0.816. The highest BCUT2D eigenvalue weighted by Crippen LogP contribution is 2.28. The second-order valence-corrected chi connectivity index (χ2v) is 4.97. The lowest BCUT2D eigenvalue weighted by molar-refractivity contribution is 0.124. The van der Waals surface area contributed by atoms with Crippen LogP contribution >= 0.6 is 0 Å². The van der Waals surface area contributed by atoms with E-state index in [1.54, 1.807) is 0 Å². The molecule has 0 aromatic carbocycles. The average Bonchev–Trinajstić information content (AvgIpc) is 2.46. The van der Waals surface area contributed by atoms with Crippen LogP contribution in [0.4, 0.5) is 0 Å². The first-order valence-corrected chi connectivity index (χ1v) is 6.88. The molecule has 0 N–H and O–H groups in total. The minimum Gasteiger partial charge on any atom is -0.294 e. The Morgan fingerprint density at radius 2 is 2.22 bits per heavy atom. The lowest BCUT2D eigenvalue weighted by Gasteiger charge is -2.36. The summed E-state index contributed by atoms with van der Waals surface area (Å²) < 4.78 is 0. The number of hydrogen-bond donors (Lipinski definition) is 0. The highest BCUT2D eigenvalue weighted by atomic mass is 15.2. The summed E-state index contributed by atoms with van der Waals surface area (Å²) in [6.07, 6.45) is 6.50. The summed E-state index contributed by atoms with van der Waals surface area (Å²) in [7, 11) is 0. The Labute approximate surface area is 109 Å². The number of pyridine rings is 1. The molecule has 0 aliphatic heterocycles. The molecule has 3 heteroatoms. The Bertz CT molecular complexity index is 396. The monoisotopic (exact) mass is 243 g/mol. The zero-order valence-corrected chi connectivity index (χ0v) is 11.0. The van der Waals surface area contributed by atoms with Crippen molar-refractivity contribution in [1.29, 1.82) is 5.26 Å². The Balaban J connectivity index is 2.05. The van der Waals surface area contributed by atoms with E-state index in [0.29, 0.717) is 6.04 Å². The Hall–Kier alpha value is -1.40. The molecule has 2 rings (SSSR count). The fourth-order valence-electron chi connectivity index (χ4n) is 2.86. The first-order valence-electron chi connectivity index (χ1n) is 6.88. The molecule has 96 valence electrons. The van der Waals surface area contributed by atoms with Crippen LogP contribution in [0.1, 0.15) is 38.3 Å². The fraction of sp³-hybridized carbons (Fsp3) is 0.600. The van der Waals surface area contributed by atoms with Crippen LogP contribution in [0.3, 0.4) is 0 Å². The number of rotatable bonds is 4. The van der Waals surface area contributed by atoms with Gasteiger partial charge in [-0.15, -0.1) is 0 Å². The van der Waals surface area contributed by atoms with Crippen LogP contribution in [0.15, 0.2) is 24.4 Å². The Morgan fingerprint density at radius 3 is 2.89 bits per heavy atom. The standard InChI is InChI=1S/C15H21N3/c1-2-18(12-14-8-5-6-10-17-14)15-9-4-3-7-13(15)11-16/h5-6,8,10,13,15H,2-4,7,9,12H2,1H3. The molecule has 18 heavy (non-hydrogen) atoms. The average molecular weight is 243 g/mol. The van der Waals surface area contributed by atoms with Gasteiger partial charge in [-0.3, -0.25) is 9.88 Å². The number of nitriles is 1. The number of hydrogen-bond acceptors (Lipinski definition) is 3. The SMILES string of the molecule is CCN(Cc1ccccn1)C1CCCCC1C#N. The van der Waals surface area contributed by atoms with E-state index in [9.17, 15) is 5.26 Å². The fourth-order valence-corrected chi connectivity index (χ4v) is 2.86. The summed E-state index contributed by atoms with van der Waals surface area (Å²) in [5.41, 5.74) is 1.10. The van der Waals surface area contributed by atoms with E-state index in [0.717, 1.165) is 31.6 Å². The lowest BCUT2D eigenvalue weighted by atomic mass is 9.84. The second-order valence-electron chi connectivity index (χ2n) is 4.97. The summed E-state index contributed by atoms with van der Waals surface area (Å²) in [5, 5.41) is 9.28. The maximum Gasteiger partial charge on any atom is 0.0672 e. The van der Waals surface area contributed by atoms with E-state index in [-0.39, 0.29) is 5.92 Å². The molecule has 3 nitrogen and oxygen atoms in total. The van der Waals surface area contributed by atoms with Gasteiger partial charge in [0.15, 0.2) is 0 Å². The van der Waals surface area contributed by atoms with Gasteiger partial charge in [-0.1, -0.05) is 25.8 Å². The van der Waals surface area contributed by atoms with Crippen LogP contribution in [-0.2, 0) is 6.54 Å². The summed E-state index contributed by atoms with van der Waals surface area (Å²) in [4.78, 5) is 6.80. The van der Waals surface area contributed by atoms with Crippen LogP contribution in [0, 0.1) is 17.2 Å². The van der Waals surface area contributed by atoms with Gasteiger partial charge < -0.3 is 0 Å². The third-order valence-corrected chi connectivity index (χ3v) is 3.86. The van der Waals surface area contributed by atoms with Crippen molar-refractivity contribution in [2.24, 2.45) is 5.92 Å². The molecule has 1 saturated carbocycles. The van der Waals surface area contributed by atoms with Gasteiger partial charge in [-0.25, -0.2) is 0 Å². The Morgan fingerprint density at radius 1 is 1.39 bits per heavy atom. The summed E-state index contributed by atoms with van der Waals surface area (Å²) in [6, 6.07) is 8.94. The van der Waals surface area contributed by atoms with Crippen molar-refractivity contribution in [3.05, 3.63) is 30.1 Å². The highest BCUT2D eigenvalue weighted by Gasteiger charge is 2.29. The van der Waals surface area contributed by atoms with Crippen LogP contribution < -0.4 is 0 Å². The molecular weight excluding hydrogens is 222 g/mol. The molecule has 1 aliphatic rings. The third kappa shape index (κ3) is 3.08. The summed E-state index contributed by atoms with van der Waals surface area (Å²) >= 11 is 0. The van der Waals surface area contributed by atoms with Gasteiger partial charge in [0.1, 0.15) is 0 Å². The van der Waals surface area contributed by atoms with Gasteiger partial charge in [0.2, 0.25) is 0 Å². The normalized spacial score (nSPS) is 23.8. The smallest absolute Gasteiger partial charge is 0.0672 e. The van der Waals surface area contributed by atoms with Gasteiger partial charge in [0.05, 0.1) is 17.7 Å². The van der Waals surface area contributed by atoms with Crippen LogP contribution in [0.5, 0.6) is 0 Å². The molecule has 2 atom stereocenters.